The summed E-state index contributed by atoms with van der Waals surface area (Å²) in [6, 6.07) is 9.08. The molecule has 0 bridgehead atoms. The van der Waals surface area contributed by atoms with Crippen LogP contribution in [0, 0.1) is 12.7 Å². The molecular weight excluding hydrogens is 454 g/mol. The van der Waals surface area contributed by atoms with Gasteiger partial charge in [0, 0.05) is 42.0 Å². The molecule has 2 aromatic carbocycles. The van der Waals surface area contributed by atoms with E-state index in [2.05, 4.69) is 4.98 Å². The minimum absolute atomic E-state index is 0.0679. The van der Waals surface area contributed by atoms with Crippen molar-refractivity contribution in [2.45, 2.75) is 31.8 Å². The van der Waals surface area contributed by atoms with Crippen LogP contribution in [-0.2, 0) is 0 Å². The number of rotatable bonds is 1. The van der Waals surface area contributed by atoms with Crippen LogP contribution in [0.25, 0.3) is 10.9 Å². The zero-order chi connectivity index (χ0) is 22.6. The van der Waals surface area contributed by atoms with Gasteiger partial charge in [0.05, 0.1) is 28.1 Å². The Morgan fingerprint density at radius 2 is 1.91 bits per heavy atom. The molecule has 1 spiro atoms. The molecule has 164 valence electrons. The maximum Gasteiger partial charge on any atom is 0.254 e. The molecule has 1 fully saturated rings. The van der Waals surface area contributed by atoms with Crippen molar-refractivity contribution in [1.29, 1.82) is 0 Å². The molecule has 0 atom stereocenters. The highest BCUT2D eigenvalue weighted by Crippen LogP contribution is 2.44. The molecule has 3 heterocycles. The van der Waals surface area contributed by atoms with Crippen LogP contribution in [0.5, 0.6) is 5.75 Å². The largest absolute Gasteiger partial charge is 0.484 e. The first-order valence-electron chi connectivity index (χ1n) is 10.3. The Kier molecular flexibility index (Phi) is 5.10. The van der Waals surface area contributed by atoms with Gasteiger partial charge in [0.25, 0.3) is 5.91 Å². The second-order valence-corrected chi connectivity index (χ2v) is 9.26. The molecule has 8 heteroatoms. The van der Waals surface area contributed by atoms with Crippen LogP contribution in [0.4, 0.5) is 4.39 Å². The molecule has 5 nitrogen and oxygen atoms in total. The standard InChI is InChI=1S/C24H19Cl2FN2O3/c1-13-8-17(16-11-15(27)2-3-20(16)28-13)23(31)29-6-4-24(5-7-29)12-21(30)18-9-14(25)10-19(26)22(18)32-24/h2-3,8-11H,4-7,12H2,1H3. The van der Waals surface area contributed by atoms with E-state index in [9.17, 15) is 14.0 Å². The molecule has 1 aromatic heterocycles. The zero-order valence-corrected chi connectivity index (χ0v) is 18.8. The number of pyridine rings is 1. The molecule has 0 aliphatic carbocycles. The van der Waals surface area contributed by atoms with Crippen LogP contribution in [0.15, 0.2) is 36.4 Å². The summed E-state index contributed by atoms with van der Waals surface area (Å²) in [5, 5.41) is 1.18. The van der Waals surface area contributed by atoms with Crippen molar-refractivity contribution >= 4 is 45.8 Å². The summed E-state index contributed by atoms with van der Waals surface area (Å²) in [5.74, 6) is -0.312. The Balaban J connectivity index is 1.40. The van der Waals surface area contributed by atoms with E-state index in [-0.39, 0.29) is 18.1 Å². The number of amides is 1. The molecule has 2 aliphatic heterocycles. The van der Waals surface area contributed by atoms with Gasteiger partial charge in [-0.05, 0) is 43.3 Å². The highest BCUT2D eigenvalue weighted by Gasteiger charge is 2.44. The quantitative estimate of drug-likeness (QED) is 0.460. The van der Waals surface area contributed by atoms with E-state index in [1.54, 1.807) is 36.1 Å². The number of carbonyl (C=O) groups is 2. The van der Waals surface area contributed by atoms with Crippen LogP contribution in [-0.4, -0.2) is 40.3 Å². The second-order valence-electron chi connectivity index (χ2n) is 8.41. The van der Waals surface area contributed by atoms with Crippen molar-refractivity contribution in [3.8, 4) is 5.75 Å². The normalized spacial score (nSPS) is 17.4. The Morgan fingerprint density at radius 3 is 2.66 bits per heavy atom. The number of halogens is 3. The molecule has 0 radical (unpaired) electrons. The monoisotopic (exact) mass is 472 g/mol. The predicted molar refractivity (Wildman–Crippen MR) is 120 cm³/mol. The first-order chi connectivity index (χ1) is 15.2. The van der Waals surface area contributed by atoms with Gasteiger partial charge in [0.2, 0.25) is 0 Å². The van der Waals surface area contributed by atoms with E-state index in [0.29, 0.717) is 69.4 Å². The molecule has 1 amide bonds. The Hall–Kier alpha value is -2.70. The van der Waals surface area contributed by atoms with Gasteiger partial charge in [-0.25, -0.2) is 4.39 Å². The number of aromatic nitrogens is 1. The van der Waals surface area contributed by atoms with Crippen LogP contribution in [0.2, 0.25) is 10.0 Å². The first kappa shape index (κ1) is 21.2. The molecule has 3 aromatic rings. The van der Waals surface area contributed by atoms with Gasteiger partial charge in [-0.15, -0.1) is 0 Å². The van der Waals surface area contributed by atoms with Crippen molar-refractivity contribution < 1.29 is 18.7 Å². The van der Waals surface area contributed by atoms with Crippen LogP contribution in [0.1, 0.15) is 45.7 Å². The molecule has 5 rings (SSSR count). The van der Waals surface area contributed by atoms with Crippen molar-refractivity contribution in [1.82, 2.24) is 9.88 Å². The Labute approximate surface area is 194 Å². The van der Waals surface area contributed by atoms with Gasteiger partial charge >= 0.3 is 0 Å². The number of hydrogen-bond acceptors (Lipinski definition) is 4. The van der Waals surface area contributed by atoms with Crippen LogP contribution >= 0.6 is 23.2 Å². The van der Waals surface area contributed by atoms with Crippen molar-refractivity contribution in [3.05, 3.63) is 69.1 Å². The van der Waals surface area contributed by atoms with E-state index in [1.165, 1.54) is 12.1 Å². The van der Waals surface area contributed by atoms with Crippen molar-refractivity contribution in [3.63, 3.8) is 0 Å². The molecule has 1 saturated heterocycles. The first-order valence-corrected chi connectivity index (χ1v) is 11.1. The lowest BCUT2D eigenvalue weighted by Crippen LogP contribution is -2.52. The maximum absolute atomic E-state index is 13.9. The second kappa shape index (κ2) is 7.71. The molecule has 0 N–H and O–H groups in total. The molecule has 32 heavy (non-hydrogen) atoms. The van der Waals surface area contributed by atoms with Gasteiger partial charge < -0.3 is 9.64 Å². The number of ketones is 1. The molecular formula is C24H19Cl2FN2O3. The number of fused-ring (bicyclic) bond motifs is 2. The molecule has 2 aliphatic rings. The lowest BCUT2D eigenvalue weighted by molar-refractivity contribution is -0.00560. The number of benzene rings is 2. The number of nitrogens with zero attached hydrogens (tertiary/aromatic N) is 2. The van der Waals surface area contributed by atoms with Gasteiger partial charge in [-0.2, -0.15) is 0 Å². The minimum atomic E-state index is -0.708. The predicted octanol–water partition coefficient (Wildman–Crippen LogP) is 5.63. The highest BCUT2D eigenvalue weighted by molar-refractivity contribution is 6.36. The number of carbonyl (C=O) groups excluding carboxylic acids is 2. The van der Waals surface area contributed by atoms with Crippen LogP contribution in [0.3, 0.4) is 0 Å². The Bertz CT molecular complexity index is 1290. The van der Waals surface area contributed by atoms with Gasteiger partial charge in [0.1, 0.15) is 17.2 Å². The number of likely N-dealkylation sites (tertiary alicyclic amines) is 1. The number of hydrogen-bond donors (Lipinski definition) is 0. The average Bonchev–Trinajstić information content (AvgIpc) is 2.75. The molecule has 0 unspecified atom stereocenters. The minimum Gasteiger partial charge on any atom is -0.484 e. The summed E-state index contributed by atoms with van der Waals surface area (Å²) in [6.07, 6.45) is 1.18. The van der Waals surface area contributed by atoms with E-state index in [0.717, 1.165) is 0 Å². The number of Topliss-reactive ketones (excluding diaryl/α,β-unsaturated/α-hetero) is 1. The fourth-order valence-corrected chi connectivity index (χ4v) is 5.12. The lowest BCUT2D eigenvalue weighted by atomic mass is 9.82. The summed E-state index contributed by atoms with van der Waals surface area (Å²) in [4.78, 5) is 32.3. The van der Waals surface area contributed by atoms with Crippen LogP contribution < -0.4 is 4.74 Å². The molecule has 0 saturated carbocycles. The van der Waals surface area contributed by atoms with Crippen molar-refractivity contribution in [2.75, 3.05) is 13.1 Å². The fourth-order valence-electron chi connectivity index (χ4n) is 4.59. The van der Waals surface area contributed by atoms with E-state index in [4.69, 9.17) is 27.9 Å². The van der Waals surface area contributed by atoms with E-state index < -0.39 is 11.4 Å². The van der Waals surface area contributed by atoms with Gasteiger partial charge in [-0.1, -0.05) is 23.2 Å². The van der Waals surface area contributed by atoms with Gasteiger partial charge in [-0.3, -0.25) is 14.6 Å². The Morgan fingerprint density at radius 1 is 1.16 bits per heavy atom. The fraction of sp³-hybridized carbons (Fsp3) is 0.292. The number of aryl methyl sites for hydroxylation is 1. The number of piperidine rings is 1. The third-order valence-corrected chi connectivity index (χ3v) is 6.70. The summed E-state index contributed by atoms with van der Waals surface area (Å²) < 4.78 is 20.1. The third-order valence-electron chi connectivity index (χ3n) is 6.20. The van der Waals surface area contributed by atoms with E-state index >= 15 is 0 Å². The summed E-state index contributed by atoms with van der Waals surface area (Å²) in [5.41, 5.74) is 1.38. The lowest BCUT2D eigenvalue weighted by Gasteiger charge is -2.44. The smallest absolute Gasteiger partial charge is 0.254 e. The summed E-state index contributed by atoms with van der Waals surface area (Å²) in [7, 11) is 0. The highest BCUT2D eigenvalue weighted by atomic mass is 35.5. The van der Waals surface area contributed by atoms with E-state index in [1.807, 2.05) is 0 Å². The third kappa shape index (κ3) is 3.61. The SMILES string of the molecule is Cc1cc(C(=O)N2CCC3(CC2)CC(=O)c2cc(Cl)cc(Cl)c2O3)c2cc(F)ccc2n1. The topological polar surface area (TPSA) is 59.5 Å². The zero-order valence-electron chi connectivity index (χ0n) is 17.3. The maximum atomic E-state index is 13.9. The summed E-state index contributed by atoms with van der Waals surface area (Å²) >= 11 is 12.3. The van der Waals surface area contributed by atoms with Crippen molar-refractivity contribution in [2.24, 2.45) is 0 Å². The van der Waals surface area contributed by atoms with Gasteiger partial charge in [0.15, 0.2) is 5.78 Å². The average molecular weight is 473 g/mol. The summed E-state index contributed by atoms with van der Waals surface area (Å²) in [6.45, 7) is 2.62. The number of ether oxygens (including phenoxy) is 1.